The molecule has 0 aromatic heterocycles. The Morgan fingerprint density at radius 2 is 1.92 bits per heavy atom. The van der Waals surface area contributed by atoms with Crippen LogP contribution in [0, 0.1) is 5.82 Å². The zero-order valence-electron chi connectivity index (χ0n) is 13.4. The molecule has 1 aromatic carbocycles. The predicted molar refractivity (Wildman–Crippen MR) is 90.4 cm³/mol. The van der Waals surface area contributed by atoms with E-state index in [9.17, 15) is 17.6 Å². The Morgan fingerprint density at radius 3 is 2.46 bits per heavy atom. The van der Waals surface area contributed by atoms with E-state index >= 15 is 0 Å². The van der Waals surface area contributed by atoms with Gasteiger partial charge in [-0.2, -0.15) is 17.0 Å². The summed E-state index contributed by atoms with van der Waals surface area (Å²) in [6.07, 6.45) is 0. The molecule has 1 amide bonds. The van der Waals surface area contributed by atoms with Crippen LogP contribution < -0.4 is 4.74 Å². The smallest absolute Gasteiger partial charge is 0.281 e. The lowest BCUT2D eigenvalue weighted by molar-refractivity contribution is -0.134. The first-order chi connectivity index (χ1) is 11.2. The highest BCUT2D eigenvalue weighted by Gasteiger charge is 2.30. The van der Waals surface area contributed by atoms with E-state index in [0.717, 1.165) is 4.31 Å². The number of carbonyl (C=O) groups excluding carboxylic acids is 1. The lowest BCUT2D eigenvalue weighted by Crippen LogP contribution is -2.53. The van der Waals surface area contributed by atoms with E-state index in [4.69, 9.17) is 4.74 Å². The fourth-order valence-electron chi connectivity index (χ4n) is 2.22. The van der Waals surface area contributed by atoms with E-state index in [2.05, 4.69) is 15.9 Å². The molecule has 24 heavy (non-hydrogen) atoms. The molecule has 0 unspecified atom stereocenters. The van der Waals surface area contributed by atoms with Crippen molar-refractivity contribution in [3.05, 3.63) is 28.5 Å². The Hall–Kier alpha value is -1.23. The number of halogens is 2. The molecule has 1 aliphatic heterocycles. The van der Waals surface area contributed by atoms with Crippen molar-refractivity contribution in [1.29, 1.82) is 0 Å². The van der Waals surface area contributed by atoms with Gasteiger partial charge < -0.3 is 9.64 Å². The fraction of sp³-hybridized carbons (Fsp3) is 0.500. The minimum absolute atomic E-state index is 0.190. The molecule has 1 saturated heterocycles. The van der Waals surface area contributed by atoms with E-state index in [1.54, 1.807) is 4.90 Å². The molecule has 0 radical (unpaired) electrons. The summed E-state index contributed by atoms with van der Waals surface area (Å²) in [5.41, 5.74) is 0. The van der Waals surface area contributed by atoms with Crippen molar-refractivity contribution in [3.63, 3.8) is 0 Å². The highest BCUT2D eigenvalue weighted by molar-refractivity contribution is 9.10. The molecule has 0 N–H and O–H groups in total. The van der Waals surface area contributed by atoms with Gasteiger partial charge in [-0.25, -0.2) is 4.39 Å². The largest absolute Gasteiger partial charge is 0.483 e. The van der Waals surface area contributed by atoms with Crippen molar-refractivity contribution < 1.29 is 22.3 Å². The summed E-state index contributed by atoms with van der Waals surface area (Å²) in [7, 11) is -0.511. The van der Waals surface area contributed by atoms with Gasteiger partial charge in [0.15, 0.2) is 6.61 Å². The van der Waals surface area contributed by atoms with Gasteiger partial charge in [-0.3, -0.25) is 4.79 Å². The molecule has 0 atom stereocenters. The van der Waals surface area contributed by atoms with Crippen molar-refractivity contribution in [2.24, 2.45) is 0 Å². The third-order valence-electron chi connectivity index (χ3n) is 3.62. The van der Waals surface area contributed by atoms with Crippen molar-refractivity contribution >= 4 is 32.0 Å². The molecule has 10 heteroatoms. The molecule has 1 aromatic rings. The molecule has 1 aliphatic rings. The van der Waals surface area contributed by atoms with Crippen LogP contribution in [0.25, 0.3) is 0 Å². The van der Waals surface area contributed by atoms with Crippen molar-refractivity contribution in [2.75, 3.05) is 46.9 Å². The van der Waals surface area contributed by atoms with E-state index < -0.39 is 16.0 Å². The lowest BCUT2D eigenvalue weighted by atomic mass is 10.3. The summed E-state index contributed by atoms with van der Waals surface area (Å²) >= 11 is 3.17. The maximum Gasteiger partial charge on any atom is 0.281 e. The number of hydrogen-bond donors (Lipinski definition) is 0. The molecular formula is C14H19BrFN3O4S. The van der Waals surface area contributed by atoms with Crippen LogP contribution in [0.5, 0.6) is 5.75 Å². The minimum atomic E-state index is -3.46. The number of benzene rings is 1. The van der Waals surface area contributed by atoms with E-state index in [1.807, 2.05) is 0 Å². The number of amides is 1. The summed E-state index contributed by atoms with van der Waals surface area (Å²) in [6.45, 7) is 0.906. The molecule has 0 saturated carbocycles. The quantitative estimate of drug-likeness (QED) is 0.705. The van der Waals surface area contributed by atoms with Crippen molar-refractivity contribution in [3.8, 4) is 5.75 Å². The molecule has 134 valence electrons. The third kappa shape index (κ3) is 4.44. The van der Waals surface area contributed by atoms with E-state index in [1.165, 1.54) is 36.6 Å². The standard InChI is InChI=1S/C14H19BrFN3O4S/c1-17(2)24(21,22)19-7-5-18(6-8-19)14(20)10-23-13-4-3-11(16)9-12(13)15/h3-4,9H,5-8,10H2,1-2H3. The summed E-state index contributed by atoms with van der Waals surface area (Å²) in [5.74, 6) is -0.273. The van der Waals surface area contributed by atoms with Crippen LogP contribution in [0.4, 0.5) is 4.39 Å². The molecule has 2 rings (SSSR count). The molecule has 0 bridgehead atoms. The van der Waals surface area contributed by atoms with Gasteiger partial charge in [-0.15, -0.1) is 0 Å². The number of hydrogen-bond acceptors (Lipinski definition) is 4. The van der Waals surface area contributed by atoms with Crippen LogP contribution in [0.2, 0.25) is 0 Å². The second kappa shape index (κ2) is 7.77. The van der Waals surface area contributed by atoms with Gasteiger partial charge in [0.1, 0.15) is 11.6 Å². The highest BCUT2D eigenvalue weighted by Crippen LogP contribution is 2.25. The molecule has 1 fully saturated rings. The van der Waals surface area contributed by atoms with Gasteiger partial charge in [0.2, 0.25) is 0 Å². The second-order valence-electron chi connectivity index (χ2n) is 5.43. The number of ether oxygens (including phenoxy) is 1. The molecule has 7 nitrogen and oxygen atoms in total. The lowest BCUT2D eigenvalue weighted by Gasteiger charge is -2.35. The van der Waals surface area contributed by atoms with Gasteiger partial charge in [-0.05, 0) is 34.1 Å². The van der Waals surface area contributed by atoms with Gasteiger partial charge in [0, 0.05) is 40.3 Å². The molecular weight excluding hydrogens is 405 g/mol. The SMILES string of the molecule is CN(C)S(=O)(=O)N1CCN(C(=O)COc2ccc(F)cc2Br)CC1. The van der Waals surface area contributed by atoms with Gasteiger partial charge in [-0.1, -0.05) is 0 Å². The Bertz CT molecular complexity index is 706. The maximum absolute atomic E-state index is 13.0. The Labute approximate surface area is 149 Å². The highest BCUT2D eigenvalue weighted by atomic mass is 79.9. The Kier molecular flexibility index (Phi) is 6.18. The average Bonchev–Trinajstić information content (AvgIpc) is 2.53. The van der Waals surface area contributed by atoms with Crippen molar-refractivity contribution in [1.82, 2.24) is 13.5 Å². The van der Waals surface area contributed by atoms with Crippen LogP contribution in [-0.2, 0) is 15.0 Å². The van der Waals surface area contributed by atoms with Crippen LogP contribution in [0.15, 0.2) is 22.7 Å². The van der Waals surface area contributed by atoms with Crippen LogP contribution in [0.1, 0.15) is 0 Å². The molecule has 1 heterocycles. The van der Waals surface area contributed by atoms with Crippen LogP contribution in [0.3, 0.4) is 0 Å². The zero-order valence-corrected chi connectivity index (χ0v) is 15.8. The fourth-order valence-corrected chi connectivity index (χ4v) is 3.77. The van der Waals surface area contributed by atoms with E-state index in [0.29, 0.717) is 23.3 Å². The van der Waals surface area contributed by atoms with Gasteiger partial charge in [0.05, 0.1) is 4.47 Å². The number of rotatable bonds is 5. The minimum Gasteiger partial charge on any atom is -0.483 e. The predicted octanol–water partition coefficient (Wildman–Crippen LogP) is 0.918. The van der Waals surface area contributed by atoms with Crippen LogP contribution >= 0.6 is 15.9 Å². The zero-order chi connectivity index (χ0) is 17.9. The second-order valence-corrected chi connectivity index (χ2v) is 8.43. The van der Waals surface area contributed by atoms with Crippen LogP contribution in [-0.4, -0.2) is 74.7 Å². The Balaban J connectivity index is 1.87. The molecule has 0 spiro atoms. The summed E-state index contributed by atoms with van der Waals surface area (Å²) < 4.78 is 45.4. The summed E-state index contributed by atoms with van der Waals surface area (Å²) in [6, 6.07) is 3.94. The number of piperazine rings is 1. The summed E-state index contributed by atoms with van der Waals surface area (Å²) in [5, 5.41) is 0. The topological polar surface area (TPSA) is 70.2 Å². The van der Waals surface area contributed by atoms with E-state index in [-0.39, 0.29) is 25.6 Å². The third-order valence-corrected chi connectivity index (χ3v) is 6.18. The normalized spacial score (nSPS) is 16.5. The molecule has 0 aliphatic carbocycles. The monoisotopic (exact) mass is 423 g/mol. The maximum atomic E-state index is 13.0. The Morgan fingerprint density at radius 1 is 1.29 bits per heavy atom. The van der Waals surface area contributed by atoms with Gasteiger partial charge >= 0.3 is 0 Å². The van der Waals surface area contributed by atoms with Crippen molar-refractivity contribution in [2.45, 2.75) is 0 Å². The first-order valence-corrected chi connectivity index (χ1v) is 9.44. The number of nitrogens with zero attached hydrogens (tertiary/aromatic N) is 3. The average molecular weight is 424 g/mol. The number of carbonyl (C=O) groups is 1. The first-order valence-electron chi connectivity index (χ1n) is 7.25. The van der Waals surface area contributed by atoms with Gasteiger partial charge in [0.25, 0.3) is 16.1 Å². The summed E-state index contributed by atoms with van der Waals surface area (Å²) in [4.78, 5) is 13.7. The first kappa shape index (κ1) is 19.1.